The Morgan fingerprint density at radius 3 is 2.46 bits per heavy atom. The van der Waals surface area contributed by atoms with E-state index in [1.54, 1.807) is 24.4 Å². The van der Waals surface area contributed by atoms with Gasteiger partial charge in [0.1, 0.15) is 0 Å². The first-order chi connectivity index (χ1) is 11.3. The van der Waals surface area contributed by atoms with Gasteiger partial charge in [-0.3, -0.25) is 5.10 Å². The number of aromatic nitrogens is 2. The van der Waals surface area contributed by atoms with Gasteiger partial charge in [0, 0.05) is 16.8 Å². The minimum absolute atomic E-state index is 0.0198. The maximum Gasteiger partial charge on any atom is 0.417 e. The molecule has 2 aromatic carbocycles. The number of hydrogen-bond acceptors (Lipinski definition) is 2. The first-order valence-corrected chi connectivity index (χ1v) is 7.08. The quantitative estimate of drug-likeness (QED) is 0.614. The molecule has 0 saturated heterocycles. The highest BCUT2D eigenvalue weighted by molar-refractivity contribution is 6.31. The number of urea groups is 1. The number of nitrogens with zero attached hydrogens (tertiary/aromatic N) is 1. The summed E-state index contributed by atoms with van der Waals surface area (Å²) in [5.74, 6) is 0. The van der Waals surface area contributed by atoms with E-state index in [4.69, 9.17) is 11.6 Å². The van der Waals surface area contributed by atoms with Crippen LogP contribution in [0, 0.1) is 0 Å². The van der Waals surface area contributed by atoms with Gasteiger partial charge in [-0.2, -0.15) is 18.3 Å². The Morgan fingerprint density at radius 1 is 1.08 bits per heavy atom. The van der Waals surface area contributed by atoms with E-state index < -0.39 is 22.8 Å². The molecule has 0 aliphatic rings. The number of hydrogen-bond donors (Lipinski definition) is 3. The van der Waals surface area contributed by atoms with E-state index in [1.165, 1.54) is 6.07 Å². The molecule has 3 aromatic rings. The number of carbonyl (C=O) groups excluding carboxylic acids is 1. The van der Waals surface area contributed by atoms with E-state index in [1.807, 2.05) is 0 Å². The van der Waals surface area contributed by atoms with Crippen molar-refractivity contribution in [2.45, 2.75) is 6.18 Å². The summed E-state index contributed by atoms with van der Waals surface area (Å²) in [7, 11) is 0. The number of fused-ring (bicyclic) bond motifs is 1. The van der Waals surface area contributed by atoms with Crippen molar-refractivity contribution in [1.82, 2.24) is 10.2 Å². The third kappa shape index (κ3) is 3.43. The van der Waals surface area contributed by atoms with Gasteiger partial charge >= 0.3 is 12.2 Å². The summed E-state index contributed by atoms with van der Waals surface area (Å²) in [6, 6.07) is 7.52. The molecule has 0 bridgehead atoms. The molecule has 0 radical (unpaired) electrons. The molecule has 0 aliphatic carbocycles. The molecule has 24 heavy (non-hydrogen) atoms. The molecule has 3 N–H and O–H groups in total. The van der Waals surface area contributed by atoms with Crippen LogP contribution in [0.3, 0.4) is 0 Å². The normalized spacial score (nSPS) is 11.5. The lowest BCUT2D eigenvalue weighted by Gasteiger charge is -2.12. The minimum Gasteiger partial charge on any atom is -0.308 e. The fourth-order valence-electron chi connectivity index (χ4n) is 2.13. The van der Waals surface area contributed by atoms with Gasteiger partial charge < -0.3 is 10.6 Å². The standard InChI is InChI=1S/C15H10ClF3N4O/c16-12-3-1-10(6-11(12)15(17,18)19)22-14(24)21-9-2-4-13-8(5-9)7-20-23-13/h1-7H,(H,20,23)(H2,21,22,24). The third-order valence-electron chi connectivity index (χ3n) is 3.23. The highest BCUT2D eigenvalue weighted by Crippen LogP contribution is 2.36. The Balaban J connectivity index is 1.75. The van der Waals surface area contributed by atoms with Crippen molar-refractivity contribution in [3.8, 4) is 0 Å². The van der Waals surface area contributed by atoms with E-state index >= 15 is 0 Å². The van der Waals surface area contributed by atoms with Crippen molar-refractivity contribution < 1.29 is 18.0 Å². The average Bonchev–Trinajstić information content (AvgIpc) is 2.95. The molecule has 3 rings (SSSR count). The van der Waals surface area contributed by atoms with Crippen LogP contribution in [0.1, 0.15) is 5.56 Å². The Hall–Kier alpha value is -2.74. The fourth-order valence-corrected chi connectivity index (χ4v) is 2.36. The maximum absolute atomic E-state index is 12.8. The summed E-state index contributed by atoms with van der Waals surface area (Å²) in [4.78, 5) is 11.9. The zero-order chi connectivity index (χ0) is 17.3. The summed E-state index contributed by atoms with van der Waals surface area (Å²) < 4.78 is 38.4. The van der Waals surface area contributed by atoms with Crippen LogP contribution in [-0.4, -0.2) is 16.2 Å². The van der Waals surface area contributed by atoms with Crippen molar-refractivity contribution in [2.75, 3.05) is 10.6 Å². The summed E-state index contributed by atoms with van der Waals surface area (Å²) in [5, 5.41) is 11.9. The molecule has 0 fully saturated rings. The summed E-state index contributed by atoms with van der Waals surface area (Å²) >= 11 is 5.53. The molecule has 0 atom stereocenters. The summed E-state index contributed by atoms with van der Waals surface area (Å²) in [6.07, 6.45) is -3.01. The first kappa shape index (κ1) is 16.1. The number of anilines is 2. The largest absolute Gasteiger partial charge is 0.417 e. The number of nitrogens with one attached hydrogen (secondary N) is 3. The number of rotatable bonds is 2. The second kappa shape index (κ2) is 6.04. The molecule has 1 aromatic heterocycles. The molecule has 0 saturated carbocycles. The molecule has 124 valence electrons. The van der Waals surface area contributed by atoms with Crippen LogP contribution in [0.5, 0.6) is 0 Å². The van der Waals surface area contributed by atoms with E-state index in [2.05, 4.69) is 20.8 Å². The molecule has 2 amide bonds. The Labute approximate surface area is 138 Å². The van der Waals surface area contributed by atoms with Crippen LogP contribution in [0.15, 0.2) is 42.6 Å². The Bertz CT molecular complexity index is 907. The van der Waals surface area contributed by atoms with Crippen molar-refractivity contribution in [3.63, 3.8) is 0 Å². The summed E-state index contributed by atoms with van der Waals surface area (Å²) in [6.45, 7) is 0. The van der Waals surface area contributed by atoms with Gasteiger partial charge in [0.15, 0.2) is 0 Å². The van der Waals surface area contributed by atoms with Gasteiger partial charge in [-0.05, 0) is 36.4 Å². The Kier molecular flexibility index (Phi) is 4.06. The molecule has 5 nitrogen and oxygen atoms in total. The number of benzene rings is 2. The molecule has 9 heteroatoms. The highest BCUT2D eigenvalue weighted by atomic mass is 35.5. The van der Waals surface area contributed by atoms with Gasteiger partial charge in [0.05, 0.1) is 22.3 Å². The number of aromatic amines is 1. The second-order valence-corrected chi connectivity index (χ2v) is 5.35. The zero-order valence-corrected chi connectivity index (χ0v) is 12.7. The SMILES string of the molecule is O=C(Nc1ccc(Cl)c(C(F)(F)F)c1)Nc1ccc2[nH]ncc2c1. The van der Waals surface area contributed by atoms with Crippen molar-refractivity contribution >= 4 is 39.9 Å². The smallest absolute Gasteiger partial charge is 0.308 e. The van der Waals surface area contributed by atoms with Crippen LogP contribution in [-0.2, 0) is 6.18 Å². The number of halogens is 4. The van der Waals surface area contributed by atoms with Gasteiger partial charge in [0.25, 0.3) is 0 Å². The monoisotopic (exact) mass is 354 g/mol. The number of carbonyl (C=O) groups is 1. The summed E-state index contributed by atoms with van der Waals surface area (Å²) in [5.41, 5.74) is 0.246. The lowest BCUT2D eigenvalue weighted by molar-refractivity contribution is -0.137. The van der Waals surface area contributed by atoms with E-state index in [0.29, 0.717) is 5.69 Å². The predicted molar refractivity (Wildman–Crippen MR) is 85.2 cm³/mol. The van der Waals surface area contributed by atoms with E-state index in [0.717, 1.165) is 23.0 Å². The predicted octanol–water partition coefficient (Wildman–Crippen LogP) is 4.88. The Morgan fingerprint density at radius 2 is 1.75 bits per heavy atom. The van der Waals surface area contributed by atoms with Crippen molar-refractivity contribution in [1.29, 1.82) is 0 Å². The van der Waals surface area contributed by atoms with Crippen LogP contribution < -0.4 is 10.6 Å². The van der Waals surface area contributed by atoms with E-state index in [-0.39, 0.29) is 5.69 Å². The minimum atomic E-state index is -4.60. The molecule has 0 unspecified atom stereocenters. The molecular weight excluding hydrogens is 345 g/mol. The molecule has 0 spiro atoms. The fraction of sp³-hybridized carbons (Fsp3) is 0.0667. The molecular formula is C15H10ClF3N4O. The third-order valence-corrected chi connectivity index (χ3v) is 3.56. The topological polar surface area (TPSA) is 69.8 Å². The van der Waals surface area contributed by atoms with Crippen molar-refractivity contribution in [3.05, 3.63) is 53.2 Å². The number of amides is 2. The zero-order valence-electron chi connectivity index (χ0n) is 11.9. The number of H-pyrrole nitrogens is 1. The van der Waals surface area contributed by atoms with Gasteiger partial charge in [-0.25, -0.2) is 4.79 Å². The lowest BCUT2D eigenvalue weighted by Crippen LogP contribution is -2.19. The molecule has 1 heterocycles. The highest BCUT2D eigenvalue weighted by Gasteiger charge is 2.33. The van der Waals surface area contributed by atoms with E-state index in [9.17, 15) is 18.0 Å². The average molecular weight is 355 g/mol. The van der Waals surface area contributed by atoms with Crippen LogP contribution >= 0.6 is 11.6 Å². The first-order valence-electron chi connectivity index (χ1n) is 6.71. The maximum atomic E-state index is 12.8. The molecule has 0 aliphatic heterocycles. The van der Waals surface area contributed by atoms with Gasteiger partial charge in [0.2, 0.25) is 0 Å². The van der Waals surface area contributed by atoms with Gasteiger partial charge in [-0.1, -0.05) is 11.6 Å². The lowest BCUT2D eigenvalue weighted by atomic mass is 10.2. The number of alkyl halides is 3. The van der Waals surface area contributed by atoms with Gasteiger partial charge in [-0.15, -0.1) is 0 Å². The van der Waals surface area contributed by atoms with Crippen LogP contribution in [0.2, 0.25) is 5.02 Å². The van der Waals surface area contributed by atoms with Crippen molar-refractivity contribution in [2.24, 2.45) is 0 Å². The van der Waals surface area contributed by atoms with Crippen LogP contribution in [0.25, 0.3) is 10.9 Å². The second-order valence-electron chi connectivity index (χ2n) is 4.94. The van der Waals surface area contributed by atoms with Crippen LogP contribution in [0.4, 0.5) is 29.3 Å².